The van der Waals surface area contributed by atoms with E-state index in [2.05, 4.69) is 20.2 Å². The maximum absolute atomic E-state index is 11.5. The summed E-state index contributed by atoms with van der Waals surface area (Å²) >= 11 is 6.60. The molecule has 0 aliphatic rings. The molecule has 2 aromatic heterocycles. The van der Waals surface area contributed by atoms with Gasteiger partial charge in [-0.2, -0.15) is 0 Å². The van der Waals surface area contributed by atoms with Gasteiger partial charge in [0.25, 0.3) is 0 Å². The molecule has 106 valence electrons. The first-order chi connectivity index (χ1) is 9.43. The predicted molar refractivity (Wildman–Crippen MR) is 71.1 cm³/mol. The van der Waals surface area contributed by atoms with E-state index < -0.39 is 10.6 Å². The molecule has 0 aliphatic carbocycles. The first-order valence-corrected chi connectivity index (χ1v) is 6.65. The van der Waals surface area contributed by atoms with Gasteiger partial charge in [0.1, 0.15) is 5.69 Å². The number of hydrogen-bond acceptors (Lipinski definition) is 7. The summed E-state index contributed by atoms with van der Waals surface area (Å²) in [6, 6.07) is 0. The Kier molecular flexibility index (Phi) is 4.04. The molecule has 0 bridgehead atoms. The Morgan fingerprint density at radius 1 is 1.50 bits per heavy atom. The molecule has 2 rings (SSSR count). The maximum atomic E-state index is 11.5. The molecular weight excluding hydrogens is 308 g/mol. The number of aromatic nitrogens is 5. The van der Waals surface area contributed by atoms with Crippen molar-refractivity contribution in [2.75, 3.05) is 0 Å². The molecule has 0 saturated carbocycles. The third-order valence-corrected chi connectivity index (χ3v) is 3.55. The molecular formula is C9H9ClN6O3S. The fourth-order valence-electron chi connectivity index (χ4n) is 1.54. The minimum Gasteiger partial charge on any atom is -0.270 e. The second kappa shape index (κ2) is 5.59. The van der Waals surface area contributed by atoms with Crippen molar-refractivity contribution in [2.45, 2.75) is 30.6 Å². The lowest BCUT2D eigenvalue weighted by atomic mass is 10.4. The average Bonchev–Trinajstić information content (AvgIpc) is 2.68. The summed E-state index contributed by atoms with van der Waals surface area (Å²) in [4.78, 5) is 29.5. The molecule has 0 amide bonds. The average molecular weight is 317 g/mol. The van der Waals surface area contributed by atoms with Crippen molar-refractivity contribution in [3.8, 4) is 0 Å². The van der Waals surface area contributed by atoms with Crippen LogP contribution in [0.3, 0.4) is 0 Å². The lowest BCUT2D eigenvalue weighted by Crippen LogP contribution is -2.16. The first-order valence-electron chi connectivity index (χ1n) is 5.45. The number of nitrogens with zero attached hydrogens (tertiary/aromatic N) is 5. The van der Waals surface area contributed by atoms with E-state index in [0.29, 0.717) is 6.54 Å². The number of hydrogen-bond donors (Lipinski definition) is 1. The molecule has 11 heteroatoms. The van der Waals surface area contributed by atoms with Gasteiger partial charge < -0.3 is 0 Å². The zero-order valence-electron chi connectivity index (χ0n) is 10.5. The van der Waals surface area contributed by atoms with Gasteiger partial charge in [-0.3, -0.25) is 14.7 Å². The van der Waals surface area contributed by atoms with Gasteiger partial charge in [-0.15, -0.1) is 5.10 Å². The van der Waals surface area contributed by atoms with Crippen molar-refractivity contribution < 1.29 is 4.92 Å². The third-order valence-electron chi connectivity index (χ3n) is 2.41. The number of H-pyrrole nitrogens is 1. The number of nitrogens with one attached hydrogen (secondary N) is 1. The van der Waals surface area contributed by atoms with Gasteiger partial charge in [0.15, 0.2) is 10.2 Å². The molecule has 0 radical (unpaired) electrons. The van der Waals surface area contributed by atoms with Crippen LogP contribution in [-0.4, -0.2) is 29.7 Å². The number of nitro groups is 1. The summed E-state index contributed by atoms with van der Waals surface area (Å²) in [7, 11) is 0. The Morgan fingerprint density at radius 3 is 2.80 bits per heavy atom. The van der Waals surface area contributed by atoms with Crippen LogP contribution in [0.5, 0.6) is 0 Å². The third kappa shape index (κ3) is 2.65. The number of aromatic amines is 1. The summed E-state index contributed by atoms with van der Waals surface area (Å²) in [5.74, 6) is 0. The van der Waals surface area contributed by atoms with Crippen molar-refractivity contribution in [3.05, 3.63) is 31.6 Å². The quantitative estimate of drug-likeness (QED) is 0.392. The van der Waals surface area contributed by atoms with Gasteiger partial charge in [-0.25, -0.2) is 19.9 Å². The highest BCUT2D eigenvalue weighted by molar-refractivity contribution is 7.99. The SMILES string of the molecule is CCn1c(Sc2nc(Cl)nc(C)c2[N+](=O)[O-])n[nH]c1=O. The lowest BCUT2D eigenvalue weighted by molar-refractivity contribution is -0.389. The van der Waals surface area contributed by atoms with Crippen molar-refractivity contribution in [3.63, 3.8) is 0 Å². The van der Waals surface area contributed by atoms with Gasteiger partial charge in [-0.05, 0) is 37.2 Å². The van der Waals surface area contributed by atoms with Crippen molar-refractivity contribution >= 4 is 29.1 Å². The Bertz CT molecular complexity index is 727. The zero-order chi connectivity index (χ0) is 14.9. The van der Waals surface area contributed by atoms with Gasteiger partial charge in [-0.1, -0.05) is 0 Å². The Balaban J connectivity index is 2.53. The first kappa shape index (κ1) is 14.5. The van der Waals surface area contributed by atoms with E-state index in [9.17, 15) is 14.9 Å². The van der Waals surface area contributed by atoms with Crippen LogP contribution in [0.1, 0.15) is 12.6 Å². The molecule has 0 fully saturated rings. The molecule has 9 nitrogen and oxygen atoms in total. The highest BCUT2D eigenvalue weighted by Crippen LogP contribution is 2.33. The molecule has 0 unspecified atom stereocenters. The monoisotopic (exact) mass is 316 g/mol. The molecule has 20 heavy (non-hydrogen) atoms. The maximum Gasteiger partial charge on any atom is 0.343 e. The second-order valence-electron chi connectivity index (χ2n) is 3.65. The molecule has 0 aliphatic heterocycles. The summed E-state index contributed by atoms with van der Waals surface area (Å²) in [5, 5.41) is 17.4. The van der Waals surface area contributed by atoms with E-state index in [4.69, 9.17) is 11.6 Å². The van der Waals surface area contributed by atoms with Crippen molar-refractivity contribution in [1.82, 2.24) is 24.7 Å². The molecule has 2 aromatic rings. The molecule has 0 aromatic carbocycles. The molecule has 2 heterocycles. The van der Waals surface area contributed by atoms with Gasteiger partial charge in [0.05, 0.1) is 4.92 Å². The predicted octanol–water partition coefficient (Wildman–Crippen LogP) is 1.40. The second-order valence-corrected chi connectivity index (χ2v) is 4.94. The number of aryl methyl sites for hydroxylation is 1. The number of halogens is 1. The Hall–Kier alpha value is -1.94. The van der Waals surface area contributed by atoms with Crippen LogP contribution in [0, 0.1) is 17.0 Å². The van der Waals surface area contributed by atoms with Crippen LogP contribution in [0.25, 0.3) is 0 Å². The van der Waals surface area contributed by atoms with E-state index in [0.717, 1.165) is 11.8 Å². The molecule has 0 atom stereocenters. The summed E-state index contributed by atoms with van der Waals surface area (Å²) < 4.78 is 1.33. The Morgan fingerprint density at radius 2 is 2.20 bits per heavy atom. The normalized spacial score (nSPS) is 10.8. The topological polar surface area (TPSA) is 120 Å². The van der Waals surface area contributed by atoms with E-state index in [1.54, 1.807) is 6.92 Å². The van der Waals surface area contributed by atoms with Crippen molar-refractivity contribution in [2.24, 2.45) is 0 Å². The van der Waals surface area contributed by atoms with Crippen molar-refractivity contribution in [1.29, 1.82) is 0 Å². The minimum atomic E-state index is -0.588. The highest BCUT2D eigenvalue weighted by Gasteiger charge is 2.24. The molecule has 1 N–H and O–H groups in total. The van der Waals surface area contributed by atoms with Crippen LogP contribution < -0.4 is 5.69 Å². The van der Waals surface area contributed by atoms with Gasteiger partial charge >= 0.3 is 11.4 Å². The lowest BCUT2D eigenvalue weighted by Gasteiger charge is -2.04. The minimum absolute atomic E-state index is 0.0428. The van der Waals surface area contributed by atoms with E-state index in [1.807, 2.05) is 0 Å². The fourth-order valence-corrected chi connectivity index (χ4v) is 2.83. The summed E-state index contributed by atoms with van der Waals surface area (Å²) in [6.45, 7) is 3.60. The summed E-state index contributed by atoms with van der Waals surface area (Å²) in [5.41, 5.74) is -0.495. The standard InChI is InChI=1S/C9H9ClN6O3S/c1-3-15-8(17)13-14-9(15)20-6-5(16(18)19)4(2)11-7(10)12-6/h3H2,1-2H3,(H,13,17). The van der Waals surface area contributed by atoms with Gasteiger partial charge in [0.2, 0.25) is 5.28 Å². The smallest absolute Gasteiger partial charge is 0.270 e. The van der Waals surface area contributed by atoms with E-state index >= 15 is 0 Å². The molecule has 0 saturated heterocycles. The van der Waals surface area contributed by atoms with E-state index in [-0.39, 0.29) is 26.8 Å². The van der Waals surface area contributed by atoms with E-state index in [1.165, 1.54) is 11.5 Å². The Labute approximate surface area is 121 Å². The highest BCUT2D eigenvalue weighted by atomic mass is 35.5. The van der Waals surface area contributed by atoms with Crippen LogP contribution in [0.15, 0.2) is 15.0 Å². The van der Waals surface area contributed by atoms with Crippen LogP contribution in [0.4, 0.5) is 5.69 Å². The largest absolute Gasteiger partial charge is 0.343 e. The molecule has 0 spiro atoms. The fraction of sp³-hybridized carbons (Fsp3) is 0.333. The van der Waals surface area contributed by atoms with Gasteiger partial charge in [0, 0.05) is 6.54 Å². The van der Waals surface area contributed by atoms with Crippen LogP contribution >= 0.6 is 23.4 Å². The summed E-state index contributed by atoms with van der Waals surface area (Å²) in [6.07, 6.45) is 0. The van der Waals surface area contributed by atoms with Crippen LogP contribution in [0.2, 0.25) is 5.28 Å². The number of rotatable bonds is 4. The zero-order valence-corrected chi connectivity index (χ0v) is 12.0. The van der Waals surface area contributed by atoms with Crippen LogP contribution in [-0.2, 0) is 6.54 Å².